The number of benzene rings is 3. The maximum absolute atomic E-state index is 12.7. The summed E-state index contributed by atoms with van der Waals surface area (Å²) in [5, 5.41) is 10.8. The van der Waals surface area contributed by atoms with Crippen LogP contribution in [0.5, 0.6) is 11.5 Å². The van der Waals surface area contributed by atoms with Crippen molar-refractivity contribution in [2.75, 3.05) is 0 Å². The topological polar surface area (TPSA) is 78.7 Å². The molecule has 0 atom stereocenters. The molecule has 32 heavy (non-hydrogen) atoms. The van der Waals surface area contributed by atoms with Crippen LogP contribution in [0.3, 0.4) is 0 Å². The average molecular weight is 429 g/mol. The van der Waals surface area contributed by atoms with Crippen LogP contribution < -0.4 is 9.47 Å². The fourth-order valence-corrected chi connectivity index (χ4v) is 3.37. The molecule has 0 fully saturated rings. The average Bonchev–Trinajstić information content (AvgIpc) is 3.07. The number of ketones is 1. The van der Waals surface area contributed by atoms with E-state index < -0.39 is 4.92 Å². The third-order valence-corrected chi connectivity index (χ3v) is 5.27. The number of carbonyl (C=O) groups is 1. The second-order valence-electron chi connectivity index (χ2n) is 8.68. The lowest BCUT2D eigenvalue weighted by Crippen LogP contribution is -2.10. The van der Waals surface area contributed by atoms with Crippen molar-refractivity contribution >= 4 is 17.5 Å². The summed E-state index contributed by atoms with van der Waals surface area (Å²) in [4.78, 5) is 23.0. The zero-order chi connectivity index (χ0) is 22.9. The second kappa shape index (κ2) is 8.30. The van der Waals surface area contributed by atoms with Gasteiger partial charge in [-0.25, -0.2) is 0 Å². The number of fused-ring (bicyclic) bond motifs is 1. The molecule has 3 aromatic carbocycles. The monoisotopic (exact) mass is 429 g/mol. The molecule has 0 unspecified atom stereocenters. The molecule has 0 saturated heterocycles. The molecule has 0 aliphatic carbocycles. The molecule has 0 amide bonds. The quantitative estimate of drug-likeness (QED) is 0.279. The van der Waals surface area contributed by atoms with Gasteiger partial charge in [0.25, 0.3) is 5.69 Å². The van der Waals surface area contributed by atoms with Crippen LogP contribution in [0.15, 0.2) is 72.5 Å². The van der Waals surface area contributed by atoms with E-state index in [1.165, 1.54) is 17.7 Å². The van der Waals surface area contributed by atoms with Crippen LogP contribution in [0.4, 0.5) is 5.69 Å². The van der Waals surface area contributed by atoms with Crippen LogP contribution in [0.25, 0.3) is 6.08 Å². The Bertz CT molecular complexity index is 1200. The number of carbonyl (C=O) groups excluding carboxylic acids is 1. The maximum Gasteiger partial charge on any atom is 0.269 e. The highest BCUT2D eigenvalue weighted by molar-refractivity contribution is 6.14. The van der Waals surface area contributed by atoms with Gasteiger partial charge in [-0.1, -0.05) is 45.0 Å². The van der Waals surface area contributed by atoms with Crippen LogP contribution in [0, 0.1) is 10.1 Å². The number of hydrogen-bond acceptors (Lipinski definition) is 5. The van der Waals surface area contributed by atoms with Crippen LogP contribution in [0.1, 0.15) is 47.8 Å². The van der Waals surface area contributed by atoms with Crippen molar-refractivity contribution < 1.29 is 19.2 Å². The molecule has 0 aromatic heterocycles. The van der Waals surface area contributed by atoms with Crippen molar-refractivity contribution in [3.05, 3.63) is 105 Å². The summed E-state index contributed by atoms with van der Waals surface area (Å²) in [7, 11) is 0. The molecule has 0 saturated carbocycles. The zero-order valence-corrected chi connectivity index (χ0v) is 18.1. The smallest absolute Gasteiger partial charge is 0.269 e. The lowest BCUT2D eigenvalue weighted by atomic mass is 9.86. The first-order chi connectivity index (χ1) is 15.2. The van der Waals surface area contributed by atoms with E-state index in [9.17, 15) is 14.9 Å². The molecule has 1 heterocycles. The predicted octanol–water partition coefficient (Wildman–Crippen LogP) is 6.09. The normalized spacial score (nSPS) is 14.2. The van der Waals surface area contributed by atoms with Crippen molar-refractivity contribution in [2.45, 2.75) is 32.8 Å². The summed E-state index contributed by atoms with van der Waals surface area (Å²) in [6.07, 6.45) is 1.74. The Kier molecular flexibility index (Phi) is 5.53. The molecular weight excluding hydrogens is 406 g/mol. The largest absolute Gasteiger partial charge is 0.489 e. The van der Waals surface area contributed by atoms with Crippen LogP contribution in [0.2, 0.25) is 0 Å². The summed E-state index contributed by atoms with van der Waals surface area (Å²) < 4.78 is 11.6. The molecular formula is C26H23NO5. The van der Waals surface area contributed by atoms with Crippen molar-refractivity contribution in [3.63, 3.8) is 0 Å². The van der Waals surface area contributed by atoms with Crippen molar-refractivity contribution in [1.82, 2.24) is 0 Å². The van der Waals surface area contributed by atoms with E-state index in [1.54, 1.807) is 36.4 Å². The Morgan fingerprint density at radius 1 is 1.00 bits per heavy atom. The minimum Gasteiger partial charge on any atom is -0.489 e. The Morgan fingerprint density at radius 3 is 2.31 bits per heavy atom. The fraction of sp³-hybridized carbons (Fsp3) is 0.192. The third-order valence-electron chi connectivity index (χ3n) is 5.27. The van der Waals surface area contributed by atoms with E-state index in [2.05, 4.69) is 32.9 Å². The second-order valence-corrected chi connectivity index (χ2v) is 8.68. The molecule has 1 aliphatic rings. The summed E-state index contributed by atoms with van der Waals surface area (Å²) in [6.45, 7) is 6.71. The first-order valence-corrected chi connectivity index (χ1v) is 10.3. The molecule has 0 N–H and O–H groups in total. The number of nitro groups is 1. The van der Waals surface area contributed by atoms with Gasteiger partial charge in [0.05, 0.1) is 10.5 Å². The number of rotatable bonds is 5. The van der Waals surface area contributed by atoms with Gasteiger partial charge < -0.3 is 9.47 Å². The predicted molar refractivity (Wildman–Crippen MR) is 122 cm³/mol. The van der Waals surface area contributed by atoms with Crippen LogP contribution >= 0.6 is 0 Å². The molecule has 6 heteroatoms. The molecule has 0 bridgehead atoms. The van der Waals surface area contributed by atoms with E-state index in [0.29, 0.717) is 17.1 Å². The number of Topliss-reactive ketones (excluding diaryl/α,β-unsaturated/α-hetero) is 1. The SMILES string of the molecule is CC(C)(C)c1ccc(/C=C2\Oc3cc(OCc4ccc([N+](=O)[O-])cc4)ccc3C2=O)cc1. The van der Waals surface area contributed by atoms with E-state index in [0.717, 1.165) is 11.1 Å². The Hall–Kier alpha value is -3.93. The number of nitro benzene ring substituents is 1. The number of non-ortho nitro benzene ring substituents is 1. The van der Waals surface area contributed by atoms with Crippen molar-refractivity contribution in [3.8, 4) is 11.5 Å². The fourth-order valence-electron chi connectivity index (χ4n) is 3.37. The Morgan fingerprint density at radius 2 is 1.69 bits per heavy atom. The number of hydrogen-bond donors (Lipinski definition) is 0. The molecule has 4 rings (SSSR count). The molecule has 3 aromatic rings. The molecule has 0 spiro atoms. The van der Waals surface area contributed by atoms with Crippen LogP contribution in [-0.2, 0) is 12.0 Å². The van der Waals surface area contributed by atoms with Gasteiger partial charge >= 0.3 is 0 Å². The van der Waals surface area contributed by atoms with Crippen LogP contribution in [-0.4, -0.2) is 10.7 Å². The van der Waals surface area contributed by atoms with Gasteiger partial charge in [-0.15, -0.1) is 0 Å². The van der Waals surface area contributed by atoms with E-state index in [1.807, 2.05) is 12.1 Å². The molecule has 6 nitrogen and oxygen atoms in total. The van der Waals surface area contributed by atoms with E-state index >= 15 is 0 Å². The van der Waals surface area contributed by atoms with Gasteiger partial charge in [0.1, 0.15) is 18.1 Å². The lowest BCUT2D eigenvalue weighted by molar-refractivity contribution is -0.384. The summed E-state index contributed by atoms with van der Waals surface area (Å²) in [5.74, 6) is 1.11. The summed E-state index contributed by atoms with van der Waals surface area (Å²) in [6, 6.07) is 19.3. The van der Waals surface area contributed by atoms with Gasteiger partial charge in [0.15, 0.2) is 5.76 Å². The number of nitrogens with zero attached hydrogens (tertiary/aromatic N) is 1. The maximum atomic E-state index is 12.7. The van der Waals surface area contributed by atoms with Crippen molar-refractivity contribution in [1.29, 1.82) is 0 Å². The minimum absolute atomic E-state index is 0.0329. The number of ether oxygens (including phenoxy) is 2. The highest BCUT2D eigenvalue weighted by Gasteiger charge is 2.27. The standard InChI is InChI=1S/C26H23NO5/c1-26(2,3)19-8-4-17(5-9-19)14-24-25(28)22-13-12-21(15-23(22)32-24)31-16-18-6-10-20(11-7-18)27(29)30/h4-15H,16H2,1-3H3/b24-14-. The Balaban J connectivity index is 1.46. The van der Waals surface area contributed by atoms with Crippen molar-refractivity contribution in [2.24, 2.45) is 0 Å². The first-order valence-electron chi connectivity index (χ1n) is 10.3. The van der Waals surface area contributed by atoms with E-state index in [-0.39, 0.29) is 29.3 Å². The third kappa shape index (κ3) is 4.54. The summed E-state index contributed by atoms with van der Waals surface area (Å²) >= 11 is 0. The Labute approximate surface area is 186 Å². The first kappa shape index (κ1) is 21.3. The lowest BCUT2D eigenvalue weighted by Gasteiger charge is -2.18. The number of allylic oxidation sites excluding steroid dienone is 1. The van der Waals surface area contributed by atoms with Gasteiger partial charge in [0, 0.05) is 18.2 Å². The molecule has 1 aliphatic heterocycles. The molecule has 162 valence electrons. The van der Waals surface area contributed by atoms with E-state index in [4.69, 9.17) is 9.47 Å². The molecule has 0 radical (unpaired) electrons. The summed E-state index contributed by atoms with van der Waals surface area (Å²) in [5.41, 5.74) is 3.50. The van der Waals surface area contributed by atoms with Gasteiger partial charge in [0.2, 0.25) is 5.78 Å². The van der Waals surface area contributed by atoms with Gasteiger partial charge in [-0.05, 0) is 52.4 Å². The van der Waals surface area contributed by atoms with Gasteiger partial charge in [-0.2, -0.15) is 0 Å². The highest BCUT2D eigenvalue weighted by Crippen LogP contribution is 2.35. The highest BCUT2D eigenvalue weighted by atomic mass is 16.6. The zero-order valence-electron chi connectivity index (χ0n) is 18.1. The van der Waals surface area contributed by atoms with Gasteiger partial charge in [-0.3, -0.25) is 14.9 Å². The minimum atomic E-state index is -0.441.